The first-order valence-corrected chi connectivity index (χ1v) is 4.63. The fourth-order valence-electron chi connectivity index (χ4n) is 1.15. The van der Waals surface area contributed by atoms with Gasteiger partial charge in [0.2, 0.25) is 0 Å². The van der Waals surface area contributed by atoms with Crippen molar-refractivity contribution in [1.82, 2.24) is 4.98 Å². The van der Waals surface area contributed by atoms with Gasteiger partial charge in [0, 0.05) is 4.91 Å². The maximum absolute atomic E-state index is 10.6. The summed E-state index contributed by atoms with van der Waals surface area (Å²) in [6.07, 6.45) is -2.73. The summed E-state index contributed by atoms with van der Waals surface area (Å²) in [7, 11) is 0. The molecule has 2 unspecified atom stereocenters. The Morgan fingerprint density at radius 2 is 2.24 bits per heavy atom. The molecule has 0 amide bonds. The van der Waals surface area contributed by atoms with Crippen molar-refractivity contribution in [3.63, 3.8) is 0 Å². The summed E-state index contributed by atoms with van der Waals surface area (Å²) >= 11 is 0. The molecule has 1 rings (SSSR count). The SMILES string of the molecule is [N-]=[N+]=NCC(O)C(O)c1cccc(C(=O)O)n1. The highest BCUT2D eigenvalue weighted by Gasteiger charge is 2.20. The number of hydrogen-bond acceptors (Lipinski definition) is 5. The normalized spacial score (nSPS) is 13.5. The fourth-order valence-corrected chi connectivity index (χ4v) is 1.15. The molecule has 0 saturated heterocycles. The molecule has 3 N–H and O–H groups in total. The minimum Gasteiger partial charge on any atom is -0.477 e. The highest BCUT2D eigenvalue weighted by atomic mass is 16.4. The van der Waals surface area contributed by atoms with Gasteiger partial charge < -0.3 is 15.3 Å². The maximum Gasteiger partial charge on any atom is 0.354 e. The lowest BCUT2D eigenvalue weighted by atomic mass is 10.1. The van der Waals surface area contributed by atoms with Gasteiger partial charge in [0.15, 0.2) is 0 Å². The highest BCUT2D eigenvalue weighted by molar-refractivity contribution is 5.85. The van der Waals surface area contributed by atoms with E-state index in [2.05, 4.69) is 15.0 Å². The van der Waals surface area contributed by atoms with Crippen LogP contribution in [-0.4, -0.2) is 38.9 Å². The molecule has 8 nitrogen and oxygen atoms in total. The van der Waals surface area contributed by atoms with E-state index in [1.807, 2.05) is 0 Å². The largest absolute Gasteiger partial charge is 0.477 e. The van der Waals surface area contributed by atoms with Gasteiger partial charge in [-0.15, -0.1) is 0 Å². The number of aliphatic hydroxyl groups is 2. The summed E-state index contributed by atoms with van der Waals surface area (Å²) in [6, 6.07) is 4.03. The van der Waals surface area contributed by atoms with Gasteiger partial charge in [-0.3, -0.25) is 0 Å². The van der Waals surface area contributed by atoms with Crippen molar-refractivity contribution in [2.75, 3.05) is 6.54 Å². The first-order valence-electron chi connectivity index (χ1n) is 4.63. The lowest BCUT2D eigenvalue weighted by Crippen LogP contribution is -2.22. The Labute approximate surface area is 95.8 Å². The maximum atomic E-state index is 10.6. The predicted octanol–water partition coefficient (Wildman–Crippen LogP) is 0.484. The molecule has 0 aromatic carbocycles. The summed E-state index contributed by atoms with van der Waals surface area (Å²) in [6.45, 7) is -0.323. The molecule has 0 aliphatic rings. The Kier molecular flexibility index (Phi) is 4.41. The van der Waals surface area contributed by atoms with E-state index in [-0.39, 0.29) is 17.9 Å². The molecule has 0 saturated carbocycles. The van der Waals surface area contributed by atoms with E-state index >= 15 is 0 Å². The molecule has 17 heavy (non-hydrogen) atoms. The standard InChI is InChI=1S/C9H10N4O4/c10-13-11-4-7(14)8(15)5-2-1-3-6(12-5)9(16)17/h1-3,7-8,14-15H,4H2,(H,16,17). The molecule has 0 bridgehead atoms. The first kappa shape index (κ1) is 12.9. The van der Waals surface area contributed by atoms with E-state index in [1.54, 1.807) is 0 Å². The average Bonchev–Trinajstić information content (AvgIpc) is 2.35. The van der Waals surface area contributed by atoms with Crippen LogP contribution in [0.1, 0.15) is 22.3 Å². The molecule has 0 aliphatic carbocycles. The molecule has 0 radical (unpaired) electrons. The Morgan fingerprint density at radius 1 is 1.53 bits per heavy atom. The van der Waals surface area contributed by atoms with Crippen LogP contribution in [0.15, 0.2) is 23.3 Å². The number of aliphatic hydroxyl groups excluding tert-OH is 2. The lowest BCUT2D eigenvalue weighted by Gasteiger charge is -2.15. The number of carbonyl (C=O) groups is 1. The van der Waals surface area contributed by atoms with Gasteiger partial charge in [-0.2, -0.15) is 0 Å². The van der Waals surface area contributed by atoms with Crippen molar-refractivity contribution in [2.45, 2.75) is 12.2 Å². The highest BCUT2D eigenvalue weighted by Crippen LogP contribution is 2.15. The van der Waals surface area contributed by atoms with Crippen LogP contribution in [0.3, 0.4) is 0 Å². The van der Waals surface area contributed by atoms with Crippen molar-refractivity contribution in [3.8, 4) is 0 Å². The van der Waals surface area contributed by atoms with Crippen molar-refractivity contribution < 1.29 is 20.1 Å². The van der Waals surface area contributed by atoms with E-state index in [0.717, 1.165) is 0 Å². The van der Waals surface area contributed by atoms with Gasteiger partial charge in [-0.05, 0) is 17.7 Å². The summed E-state index contributed by atoms with van der Waals surface area (Å²) in [5.41, 5.74) is 7.82. The number of azide groups is 1. The summed E-state index contributed by atoms with van der Waals surface area (Å²) in [5, 5.41) is 30.9. The lowest BCUT2D eigenvalue weighted by molar-refractivity contribution is 0.0215. The van der Waals surface area contributed by atoms with Gasteiger partial charge in [-0.1, -0.05) is 11.2 Å². The number of hydrogen-bond donors (Lipinski definition) is 3. The molecule has 90 valence electrons. The molecule has 0 aliphatic heterocycles. The topological polar surface area (TPSA) is 139 Å². The quantitative estimate of drug-likeness (QED) is 0.389. The molecule has 0 spiro atoms. The molecule has 2 atom stereocenters. The van der Waals surface area contributed by atoms with Crippen LogP contribution in [0.2, 0.25) is 0 Å². The van der Waals surface area contributed by atoms with Gasteiger partial charge in [0.05, 0.1) is 18.3 Å². The monoisotopic (exact) mass is 238 g/mol. The zero-order chi connectivity index (χ0) is 12.8. The van der Waals surface area contributed by atoms with Crippen LogP contribution < -0.4 is 0 Å². The number of carboxylic acid groups (broad SMARTS) is 1. The van der Waals surface area contributed by atoms with Crippen LogP contribution in [0.25, 0.3) is 10.4 Å². The smallest absolute Gasteiger partial charge is 0.354 e. The van der Waals surface area contributed by atoms with Crippen LogP contribution in [-0.2, 0) is 0 Å². The van der Waals surface area contributed by atoms with E-state index in [1.165, 1.54) is 18.2 Å². The molecule has 1 aromatic heterocycles. The number of nitrogens with zero attached hydrogens (tertiary/aromatic N) is 4. The van der Waals surface area contributed by atoms with E-state index in [4.69, 9.17) is 10.6 Å². The Bertz CT molecular complexity index is 458. The van der Waals surface area contributed by atoms with E-state index in [0.29, 0.717) is 0 Å². The minimum absolute atomic E-state index is 0.00513. The van der Waals surface area contributed by atoms with Crippen LogP contribution in [0.5, 0.6) is 0 Å². The second kappa shape index (κ2) is 5.80. The second-order valence-corrected chi connectivity index (χ2v) is 3.18. The molecular weight excluding hydrogens is 228 g/mol. The van der Waals surface area contributed by atoms with Crippen molar-refractivity contribution in [3.05, 3.63) is 40.0 Å². The third-order valence-corrected chi connectivity index (χ3v) is 1.99. The third-order valence-electron chi connectivity index (χ3n) is 1.99. The zero-order valence-electron chi connectivity index (χ0n) is 8.63. The minimum atomic E-state index is -1.40. The first-order chi connectivity index (χ1) is 8.06. The van der Waals surface area contributed by atoms with Crippen LogP contribution in [0, 0.1) is 0 Å². The number of rotatable bonds is 5. The van der Waals surface area contributed by atoms with Gasteiger partial charge >= 0.3 is 5.97 Å². The molecule has 0 fully saturated rings. The third kappa shape index (κ3) is 3.42. The predicted molar refractivity (Wildman–Crippen MR) is 56.2 cm³/mol. The van der Waals surface area contributed by atoms with Crippen molar-refractivity contribution in [2.24, 2.45) is 5.11 Å². The van der Waals surface area contributed by atoms with Crippen LogP contribution >= 0.6 is 0 Å². The van der Waals surface area contributed by atoms with Gasteiger partial charge in [0.1, 0.15) is 11.8 Å². The number of aromatic nitrogens is 1. The average molecular weight is 238 g/mol. The van der Waals surface area contributed by atoms with Crippen molar-refractivity contribution >= 4 is 5.97 Å². The second-order valence-electron chi connectivity index (χ2n) is 3.18. The van der Waals surface area contributed by atoms with E-state index in [9.17, 15) is 15.0 Å². The number of carboxylic acids is 1. The van der Waals surface area contributed by atoms with Gasteiger partial charge in [-0.25, -0.2) is 9.78 Å². The van der Waals surface area contributed by atoms with Crippen LogP contribution in [0.4, 0.5) is 0 Å². The molecule has 1 heterocycles. The molecule has 1 aromatic rings. The number of pyridine rings is 1. The Morgan fingerprint density at radius 3 is 2.82 bits per heavy atom. The van der Waals surface area contributed by atoms with E-state index < -0.39 is 18.2 Å². The van der Waals surface area contributed by atoms with Gasteiger partial charge in [0.25, 0.3) is 0 Å². The zero-order valence-corrected chi connectivity index (χ0v) is 8.63. The fraction of sp³-hybridized carbons (Fsp3) is 0.333. The number of aromatic carboxylic acids is 1. The Balaban J connectivity index is 2.87. The summed E-state index contributed by atoms with van der Waals surface area (Å²) in [5.74, 6) is -1.23. The molecular formula is C9H10N4O4. The summed E-state index contributed by atoms with van der Waals surface area (Å²) in [4.78, 5) is 16.7. The molecule has 8 heteroatoms. The Hall–Kier alpha value is -2.15. The summed E-state index contributed by atoms with van der Waals surface area (Å²) < 4.78 is 0. The van der Waals surface area contributed by atoms with Crippen molar-refractivity contribution in [1.29, 1.82) is 0 Å².